The van der Waals surface area contributed by atoms with E-state index in [1.54, 1.807) is 0 Å². The van der Waals surface area contributed by atoms with Crippen molar-refractivity contribution < 1.29 is 45.7 Å². The van der Waals surface area contributed by atoms with E-state index < -0.39 is 55.2 Å². The fourth-order valence-electron chi connectivity index (χ4n) is 3.97. The number of aliphatic hydroxyl groups is 1. The smallest absolute Gasteiger partial charge is 0.455 e. The number of esters is 1. The number of rotatable bonds is 9. The first kappa shape index (κ1) is 32.8. The van der Waals surface area contributed by atoms with Crippen LogP contribution in [0.2, 0.25) is 10.0 Å². The van der Waals surface area contributed by atoms with Crippen LogP contribution in [-0.4, -0.2) is 58.8 Å². The summed E-state index contributed by atoms with van der Waals surface area (Å²) in [5, 5.41) is 18.1. The number of aromatic nitrogens is 6. The molecular formula is C25H20Cl2F6N6O5. The van der Waals surface area contributed by atoms with Gasteiger partial charge >= 0.3 is 24.2 Å². The number of hydrogen-bond acceptors (Lipinski definition) is 8. The molecule has 0 aliphatic carbocycles. The maximum atomic E-state index is 13.2. The first-order valence-corrected chi connectivity index (χ1v) is 13.1. The van der Waals surface area contributed by atoms with E-state index in [4.69, 9.17) is 27.9 Å². The zero-order valence-corrected chi connectivity index (χ0v) is 23.9. The average Bonchev–Trinajstić information content (AvgIpc) is 3.44. The van der Waals surface area contributed by atoms with Crippen molar-refractivity contribution in [2.75, 3.05) is 0 Å². The van der Waals surface area contributed by atoms with E-state index in [1.165, 1.54) is 31.2 Å². The number of carbonyl (C=O) groups is 1. The largest absolute Gasteiger partial charge is 0.573 e. The number of nitrogens with zero attached hydrogens (tertiary/aromatic N) is 6. The Balaban J connectivity index is 1.79. The van der Waals surface area contributed by atoms with E-state index in [9.17, 15) is 41.0 Å². The Morgan fingerprint density at radius 1 is 1.05 bits per heavy atom. The fraction of sp³-hybridized carbons (Fsp3) is 0.320. The van der Waals surface area contributed by atoms with Crippen molar-refractivity contribution in [2.45, 2.75) is 51.7 Å². The quantitative estimate of drug-likeness (QED) is 0.193. The average molecular weight is 669 g/mol. The van der Waals surface area contributed by atoms with Crippen LogP contribution in [0.4, 0.5) is 26.3 Å². The Morgan fingerprint density at radius 3 is 2.27 bits per heavy atom. The third kappa shape index (κ3) is 7.70. The summed E-state index contributed by atoms with van der Waals surface area (Å²) in [6.45, 7) is 0.820. The van der Waals surface area contributed by atoms with Gasteiger partial charge in [0, 0.05) is 23.6 Å². The molecule has 2 aromatic carbocycles. The highest BCUT2D eigenvalue weighted by Gasteiger charge is 2.39. The molecule has 0 radical (unpaired) electrons. The molecule has 0 fully saturated rings. The van der Waals surface area contributed by atoms with Crippen molar-refractivity contribution in [3.63, 3.8) is 0 Å². The maximum absolute atomic E-state index is 13.2. The van der Waals surface area contributed by atoms with Crippen molar-refractivity contribution in [3.05, 3.63) is 74.6 Å². The Hall–Kier alpha value is -4.09. The molecule has 0 saturated heterocycles. The third-order valence-corrected chi connectivity index (χ3v) is 6.37. The minimum atomic E-state index is -5.04. The summed E-state index contributed by atoms with van der Waals surface area (Å²) in [5.41, 5.74) is -0.868. The Labute approximate surface area is 253 Å². The molecule has 2 aromatic heterocycles. The molecule has 11 nitrogen and oxygen atoms in total. The monoisotopic (exact) mass is 668 g/mol. The van der Waals surface area contributed by atoms with Crippen LogP contribution in [0.1, 0.15) is 31.6 Å². The Morgan fingerprint density at radius 2 is 1.70 bits per heavy atom. The van der Waals surface area contributed by atoms with Crippen molar-refractivity contribution >= 4 is 29.2 Å². The van der Waals surface area contributed by atoms with Gasteiger partial charge in [-0.25, -0.2) is 19.1 Å². The van der Waals surface area contributed by atoms with Gasteiger partial charge in [0.15, 0.2) is 29.7 Å². The first-order chi connectivity index (χ1) is 20.4. The second-order valence-electron chi connectivity index (χ2n) is 9.15. The summed E-state index contributed by atoms with van der Waals surface area (Å²) in [4.78, 5) is 29.1. The number of hydrogen-bond donors (Lipinski definition) is 1. The molecule has 1 N–H and O–H groups in total. The number of halogens is 8. The SMILES string of the molecule is CC(=O)OC(C)c1nc(Cn2nc(-c3ccc(Cl)cc3)n(CC(O)C(F)(F)F)c2=O)nn1-c1ccc(OC(F)(F)F)cc1Cl. The fourth-order valence-corrected chi connectivity index (χ4v) is 4.34. The predicted molar refractivity (Wildman–Crippen MR) is 141 cm³/mol. The van der Waals surface area contributed by atoms with Crippen LogP contribution >= 0.6 is 23.2 Å². The molecule has 2 atom stereocenters. The normalized spacial score (nSPS) is 13.5. The molecule has 236 valence electrons. The molecule has 0 bridgehead atoms. The lowest BCUT2D eigenvalue weighted by molar-refractivity contribution is -0.274. The maximum Gasteiger partial charge on any atom is 0.573 e. The van der Waals surface area contributed by atoms with Crippen LogP contribution in [0.5, 0.6) is 5.75 Å². The Bertz CT molecular complexity index is 1720. The molecular weight excluding hydrogens is 649 g/mol. The third-order valence-electron chi connectivity index (χ3n) is 5.81. The van der Waals surface area contributed by atoms with Gasteiger partial charge < -0.3 is 14.6 Å². The lowest BCUT2D eigenvalue weighted by atomic mass is 10.2. The van der Waals surface area contributed by atoms with Crippen molar-refractivity contribution in [1.82, 2.24) is 29.1 Å². The molecule has 0 amide bonds. The van der Waals surface area contributed by atoms with E-state index in [2.05, 4.69) is 19.9 Å². The summed E-state index contributed by atoms with van der Waals surface area (Å²) in [6, 6.07) is 8.60. The zero-order chi connectivity index (χ0) is 32.6. The molecule has 44 heavy (non-hydrogen) atoms. The first-order valence-electron chi connectivity index (χ1n) is 12.3. The topological polar surface area (TPSA) is 126 Å². The number of ether oxygens (including phenoxy) is 2. The molecule has 0 spiro atoms. The van der Waals surface area contributed by atoms with Gasteiger partial charge in [0.2, 0.25) is 0 Å². The molecule has 2 unspecified atom stereocenters. The summed E-state index contributed by atoms with van der Waals surface area (Å²) in [5.74, 6) is -1.81. The molecule has 4 aromatic rings. The van der Waals surface area contributed by atoms with Crippen LogP contribution in [0.25, 0.3) is 17.1 Å². The highest BCUT2D eigenvalue weighted by Crippen LogP contribution is 2.31. The van der Waals surface area contributed by atoms with E-state index >= 15 is 0 Å². The lowest BCUT2D eigenvalue weighted by Crippen LogP contribution is -2.37. The summed E-state index contributed by atoms with van der Waals surface area (Å²) in [7, 11) is 0. The molecule has 19 heteroatoms. The standard InChI is InChI=1S/C25H20Cl2F6N6O5/c1-12(43-13(2)40)21-34-20(35-39(21)18-8-7-16(9-17(18)27)44-25(31,32)33)11-38-23(42)37(10-19(41)24(28,29)30)22(36-38)14-3-5-15(26)6-4-14/h3-9,12,19,41H,10-11H2,1-2H3. The van der Waals surface area contributed by atoms with E-state index in [0.717, 1.165) is 34.5 Å². The number of benzene rings is 2. The summed E-state index contributed by atoms with van der Waals surface area (Å²) >= 11 is 12.1. The predicted octanol–water partition coefficient (Wildman–Crippen LogP) is 5.09. The van der Waals surface area contributed by atoms with Gasteiger partial charge in [0.1, 0.15) is 12.3 Å². The van der Waals surface area contributed by atoms with Crippen molar-refractivity contribution in [1.29, 1.82) is 0 Å². The second-order valence-corrected chi connectivity index (χ2v) is 9.99. The minimum Gasteiger partial charge on any atom is -0.455 e. The van der Waals surface area contributed by atoms with E-state index in [-0.39, 0.29) is 33.7 Å². The second kappa shape index (κ2) is 12.5. The number of alkyl halides is 6. The summed E-state index contributed by atoms with van der Waals surface area (Å²) in [6.07, 6.45) is -14.0. The highest BCUT2D eigenvalue weighted by atomic mass is 35.5. The van der Waals surface area contributed by atoms with Gasteiger partial charge in [-0.05, 0) is 43.3 Å². The van der Waals surface area contributed by atoms with Gasteiger partial charge in [-0.3, -0.25) is 9.36 Å². The van der Waals surface area contributed by atoms with Crippen LogP contribution in [0.3, 0.4) is 0 Å². The van der Waals surface area contributed by atoms with Crippen molar-refractivity contribution in [3.8, 4) is 22.8 Å². The molecule has 0 saturated carbocycles. The summed E-state index contributed by atoms with van der Waals surface area (Å²) < 4.78 is 89.0. The van der Waals surface area contributed by atoms with Crippen molar-refractivity contribution in [2.24, 2.45) is 0 Å². The number of aliphatic hydroxyl groups excluding tert-OH is 1. The van der Waals surface area contributed by atoms with Gasteiger partial charge in [0.05, 0.1) is 17.3 Å². The van der Waals surface area contributed by atoms with Crippen LogP contribution in [0.15, 0.2) is 47.3 Å². The molecule has 0 aliphatic heterocycles. The van der Waals surface area contributed by atoms with Gasteiger partial charge in [-0.2, -0.15) is 13.2 Å². The zero-order valence-electron chi connectivity index (χ0n) is 22.4. The van der Waals surface area contributed by atoms with Crippen LogP contribution in [-0.2, 0) is 22.6 Å². The van der Waals surface area contributed by atoms with Crippen LogP contribution in [0, 0.1) is 0 Å². The molecule has 4 rings (SSSR count). The lowest BCUT2D eigenvalue weighted by Gasteiger charge is -2.15. The molecule has 0 aliphatic rings. The van der Waals surface area contributed by atoms with E-state index in [0.29, 0.717) is 9.59 Å². The highest BCUT2D eigenvalue weighted by molar-refractivity contribution is 6.32. The van der Waals surface area contributed by atoms with Crippen LogP contribution < -0.4 is 10.4 Å². The minimum absolute atomic E-state index is 0.0121. The molecule has 2 heterocycles. The number of carbonyl (C=O) groups excluding carboxylic acids is 1. The van der Waals surface area contributed by atoms with Gasteiger partial charge in [-0.15, -0.1) is 23.4 Å². The van der Waals surface area contributed by atoms with E-state index in [1.807, 2.05) is 0 Å². The van der Waals surface area contributed by atoms with Gasteiger partial charge in [-0.1, -0.05) is 23.2 Å². The Kier molecular flexibility index (Phi) is 9.32. The van der Waals surface area contributed by atoms with Gasteiger partial charge in [0.25, 0.3) is 0 Å².